The first kappa shape index (κ1) is 24.1. The number of hydrogen-bond donors (Lipinski definition) is 1. The Kier molecular flexibility index (Phi) is 8.34. The van der Waals surface area contributed by atoms with E-state index in [9.17, 15) is 5.11 Å². The number of benzene rings is 1. The first-order chi connectivity index (χ1) is 16.0. The van der Waals surface area contributed by atoms with Gasteiger partial charge in [-0.25, -0.2) is 9.97 Å². The third-order valence-electron chi connectivity index (χ3n) is 7.04. The molecule has 6 nitrogen and oxygen atoms in total. The van der Waals surface area contributed by atoms with Crippen molar-refractivity contribution in [3.63, 3.8) is 0 Å². The fourth-order valence-corrected chi connectivity index (χ4v) is 5.34. The zero-order valence-electron chi connectivity index (χ0n) is 20.8. The molecule has 0 amide bonds. The van der Waals surface area contributed by atoms with E-state index in [1.807, 2.05) is 6.92 Å². The molecule has 2 aliphatic rings. The quantitative estimate of drug-likeness (QED) is 0.665. The third-order valence-corrected chi connectivity index (χ3v) is 7.04. The SMILES string of the molecule is CCc1nc(C)nc(N2CCN(CC(O)CN3CCCCC3)CC2)c1Cc1cccc(C)c1. The normalized spacial score (nSPS) is 19.1. The minimum atomic E-state index is -0.264. The predicted octanol–water partition coefficient (Wildman–Crippen LogP) is 3.22. The number of anilines is 1. The number of rotatable bonds is 8. The molecule has 2 aliphatic heterocycles. The summed E-state index contributed by atoms with van der Waals surface area (Å²) in [6.45, 7) is 14.0. The van der Waals surface area contributed by atoms with E-state index < -0.39 is 0 Å². The van der Waals surface area contributed by atoms with Crippen LogP contribution in [0.15, 0.2) is 24.3 Å². The monoisotopic (exact) mass is 451 g/mol. The molecule has 180 valence electrons. The van der Waals surface area contributed by atoms with Crippen LogP contribution in [0.5, 0.6) is 0 Å². The molecule has 0 spiro atoms. The van der Waals surface area contributed by atoms with Crippen LogP contribution in [0, 0.1) is 13.8 Å². The molecule has 1 aromatic carbocycles. The number of β-amino-alcohol motifs (C(OH)–C–C–N with tert-alkyl or cyclic N) is 1. The molecule has 1 aromatic heterocycles. The highest BCUT2D eigenvalue weighted by atomic mass is 16.3. The van der Waals surface area contributed by atoms with Crippen LogP contribution in [0.4, 0.5) is 5.82 Å². The fraction of sp³-hybridized carbons (Fsp3) is 0.630. The molecule has 0 aliphatic carbocycles. The summed E-state index contributed by atoms with van der Waals surface area (Å²) in [6, 6.07) is 8.76. The minimum Gasteiger partial charge on any atom is -0.390 e. The molecule has 0 bridgehead atoms. The number of aryl methyl sites for hydroxylation is 3. The number of piperidine rings is 1. The maximum atomic E-state index is 10.7. The largest absolute Gasteiger partial charge is 0.390 e. The van der Waals surface area contributed by atoms with Gasteiger partial charge < -0.3 is 14.9 Å². The van der Waals surface area contributed by atoms with Gasteiger partial charge in [-0.1, -0.05) is 43.2 Å². The summed E-state index contributed by atoms with van der Waals surface area (Å²) in [4.78, 5) is 17.0. The molecule has 0 radical (unpaired) electrons. The highest BCUT2D eigenvalue weighted by Gasteiger charge is 2.25. The van der Waals surface area contributed by atoms with Crippen LogP contribution >= 0.6 is 0 Å². The number of piperazine rings is 1. The second-order valence-corrected chi connectivity index (χ2v) is 9.84. The number of aliphatic hydroxyl groups excluding tert-OH is 1. The van der Waals surface area contributed by atoms with Crippen molar-refractivity contribution in [1.82, 2.24) is 19.8 Å². The van der Waals surface area contributed by atoms with Gasteiger partial charge in [0.05, 0.1) is 6.10 Å². The van der Waals surface area contributed by atoms with E-state index in [2.05, 4.69) is 52.8 Å². The first-order valence-corrected chi connectivity index (χ1v) is 12.8. The standard InChI is InChI=1S/C27H41N5O/c1-4-26-25(18-23-10-8-9-21(2)17-23)27(29-22(3)28-26)32-15-13-31(14-16-32)20-24(33)19-30-11-6-5-7-12-30/h8-10,17,24,33H,4-7,11-16,18-20H2,1-3H3. The van der Waals surface area contributed by atoms with Gasteiger partial charge in [0, 0.05) is 56.9 Å². The average Bonchev–Trinajstić information content (AvgIpc) is 2.81. The Morgan fingerprint density at radius 1 is 0.909 bits per heavy atom. The summed E-state index contributed by atoms with van der Waals surface area (Å²) in [7, 11) is 0. The number of aromatic nitrogens is 2. The van der Waals surface area contributed by atoms with Crippen LogP contribution in [0.1, 0.15) is 54.4 Å². The second kappa shape index (κ2) is 11.4. The Balaban J connectivity index is 1.41. The van der Waals surface area contributed by atoms with Crippen LogP contribution in [0.2, 0.25) is 0 Å². The van der Waals surface area contributed by atoms with Crippen molar-refractivity contribution in [3.05, 3.63) is 52.5 Å². The molecule has 1 N–H and O–H groups in total. The Hall–Kier alpha value is -2.02. The zero-order valence-corrected chi connectivity index (χ0v) is 20.8. The maximum absolute atomic E-state index is 10.7. The molecule has 33 heavy (non-hydrogen) atoms. The number of hydrogen-bond acceptors (Lipinski definition) is 6. The van der Waals surface area contributed by atoms with Crippen molar-refractivity contribution in [2.75, 3.05) is 57.3 Å². The van der Waals surface area contributed by atoms with Gasteiger partial charge in [-0.3, -0.25) is 4.90 Å². The van der Waals surface area contributed by atoms with Crippen LogP contribution < -0.4 is 4.90 Å². The fourth-order valence-electron chi connectivity index (χ4n) is 5.34. The van der Waals surface area contributed by atoms with E-state index in [0.29, 0.717) is 0 Å². The summed E-state index contributed by atoms with van der Waals surface area (Å²) < 4.78 is 0. The molecule has 6 heteroatoms. The van der Waals surface area contributed by atoms with Crippen molar-refractivity contribution in [2.45, 2.75) is 59.0 Å². The van der Waals surface area contributed by atoms with Gasteiger partial charge in [-0.05, 0) is 51.8 Å². The van der Waals surface area contributed by atoms with E-state index in [4.69, 9.17) is 9.97 Å². The molecule has 1 atom stereocenters. The summed E-state index contributed by atoms with van der Waals surface area (Å²) in [5.41, 5.74) is 5.04. The topological polar surface area (TPSA) is 55.7 Å². The lowest BCUT2D eigenvalue weighted by molar-refractivity contribution is 0.0651. The zero-order chi connectivity index (χ0) is 23.2. The van der Waals surface area contributed by atoms with E-state index >= 15 is 0 Å². The highest BCUT2D eigenvalue weighted by Crippen LogP contribution is 2.26. The van der Waals surface area contributed by atoms with Crippen molar-refractivity contribution in [1.29, 1.82) is 0 Å². The molecule has 1 unspecified atom stereocenters. The van der Waals surface area contributed by atoms with Gasteiger partial charge in [0.2, 0.25) is 0 Å². The van der Waals surface area contributed by atoms with Crippen LogP contribution in [-0.4, -0.2) is 83.3 Å². The Morgan fingerprint density at radius 2 is 1.61 bits per heavy atom. The van der Waals surface area contributed by atoms with Crippen molar-refractivity contribution in [2.24, 2.45) is 0 Å². The van der Waals surface area contributed by atoms with E-state index in [1.165, 1.54) is 41.6 Å². The van der Waals surface area contributed by atoms with Crippen LogP contribution in [-0.2, 0) is 12.8 Å². The Labute approximate surface area is 199 Å². The van der Waals surface area contributed by atoms with Gasteiger partial charge in [-0.2, -0.15) is 0 Å². The van der Waals surface area contributed by atoms with Crippen molar-refractivity contribution < 1.29 is 5.11 Å². The Morgan fingerprint density at radius 3 is 2.27 bits per heavy atom. The lowest BCUT2D eigenvalue weighted by Crippen LogP contribution is -2.50. The number of likely N-dealkylation sites (tertiary alicyclic amines) is 1. The summed E-state index contributed by atoms with van der Waals surface area (Å²) in [6.07, 6.45) is 5.40. The van der Waals surface area contributed by atoms with Crippen molar-refractivity contribution in [3.8, 4) is 0 Å². The molecule has 2 saturated heterocycles. The van der Waals surface area contributed by atoms with E-state index in [-0.39, 0.29) is 6.10 Å². The van der Waals surface area contributed by atoms with E-state index in [0.717, 1.165) is 76.8 Å². The molecule has 2 aromatic rings. The van der Waals surface area contributed by atoms with Gasteiger partial charge in [0.25, 0.3) is 0 Å². The highest BCUT2D eigenvalue weighted by molar-refractivity contribution is 5.52. The van der Waals surface area contributed by atoms with Crippen molar-refractivity contribution >= 4 is 5.82 Å². The van der Waals surface area contributed by atoms with E-state index in [1.54, 1.807) is 0 Å². The van der Waals surface area contributed by atoms with Crippen LogP contribution in [0.25, 0.3) is 0 Å². The average molecular weight is 452 g/mol. The lowest BCUT2D eigenvalue weighted by atomic mass is 10.0. The summed E-state index contributed by atoms with van der Waals surface area (Å²) in [5.74, 6) is 1.96. The molecule has 0 saturated carbocycles. The molecule has 3 heterocycles. The number of nitrogens with zero attached hydrogens (tertiary/aromatic N) is 5. The maximum Gasteiger partial charge on any atom is 0.136 e. The van der Waals surface area contributed by atoms with Crippen LogP contribution in [0.3, 0.4) is 0 Å². The third kappa shape index (κ3) is 6.52. The second-order valence-electron chi connectivity index (χ2n) is 9.84. The smallest absolute Gasteiger partial charge is 0.136 e. The first-order valence-electron chi connectivity index (χ1n) is 12.8. The molecular weight excluding hydrogens is 410 g/mol. The molecule has 2 fully saturated rings. The molecular formula is C27H41N5O. The minimum absolute atomic E-state index is 0.264. The Bertz CT molecular complexity index is 903. The summed E-state index contributed by atoms with van der Waals surface area (Å²) >= 11 is 0. The molecule has 4 rings (SSSR count). The van der Waals surface area contributed by atoms with Gasteiger partial charge >= 0.3 is 0 Å². The summed E-state index contributed by atoms with van der Waals surface area (Å²) in [5, 5.41) is 10.7. The lowest BCUT2D eigenvalue weighted by Gasteiger charge is -2.38. The van der Waals surface area contributed by atoms with Gasteiger partial charge in [0.15, 0.2) is 0 Å². The number of aliphatic hydroxyl groups is 1. The van der Waals surface area contributed by atoms with Gasteiger partial charge in [-0.15, -0.1) is 0 Å². The van der Waals surface area contributed by atoms with Gasteiger partial charge in [0.1, 0.15) is 11.6 Å². The predicted molar refractivity (Wildman–Crippen MR) is 135 cm³/mol.